The number of amides is 1. The van der Waals surface area contributed by atoms with Gasteiger partial charge in [0.05, 0.1) is 0 Å². The monoisotopic (exact) mass is 302 g/mol. The summed E-state index contributed by atoms with van der Waals surface area (Å²) in [6.07, 6.45) is 2.33. The van der Waals surface area contributed by atoms with Crippen molar-refractivity contribution in [3.05, 3.63) is 34.9 Å². The molecule has 0 aliphatic carbocycles. The van der Waals surface area contributed by atoms with Crippen LogP contribution < -0.4 is 10.6 Å². The van der Waals surface area contributed by atoms with Crippen LogP contribution in [0.4, 0.5) is 0 Å². The van der Waals surface area contributed by atoms with Gasteiger partial charge in [0, 0.05) is 23.7 Å². The number of hydrogen-bond donors (Lipinski definition) is 2. The summed E-state index contributed by atoms with van der Waals surface area (Å²) in [5, 5.41) is 7.03. The van der Waals surface area contributed by atoms with Gasteiger partial charge in [-0.15, -0.1) is 12.4 Å². The van der Waals surface area contributed by atoms with Crippen molar-refractivity contribution in [1.82, 2.24) is 10.6 Å². The number of hydrogen-bond acceptors (Lipinski definition) is 2. The minimum atomic E-state index is -0.0292. The third-order valence-corrected chi connectivity index (χ3v) is 3.72. The van der Waals surface area contributed by atoms with Gasteiger partial charge >= 0.3 is 0 Å². The topological polar surface area (TPSA) is 41.1 Å². The van der Waals surface area contributed by atoms with Crippen molar-refractivity contribution in [2.75, 3.05) is 19.6 Å². The predicted molar refractivity (Wildman–Crippen MR) is 81.2 cm³/mol. The van der Waals surface area contributed by atoms with Gasteiger partial charge in [0.25, 0.3) is 5.91 Å². The van der Waals surface area contributed by atoms with Crippen LogP contribution in [0.25, 0.3) is 0 Å². The molecular formula is C14H20Cl2N2O. The number of carbonyl (C=O) groups excluding carboxylic acids is 1. The van der Waals surface area contributed by atoms with Gasteiger partial charge in [0.2, 0.25) is 0 Å². The molecule has 1 heterocycles. The molecule has 1 aromatic rings. The molecule has 106 valence electrons. The molecule has 1 atom stereocenters. The highest BCUT2D eigenvalue weighted by Crippen LogP contribution is 2.24. The van der Waals surface area contributed by atoms with Crippen molar-refractivity contribution in [2.24, 2.45) is 5.41 Å². The Bertz CT molecular complexity index is 414. The Balaban J connectivity index is 0.00000180. The van der Waals surface area contributed by atoms with E-state index in [1.165, 1.54) is 6.42 Å². The van der Waals surface area contributed by atoms with Crippen molar-refractivity contribution in [3.8, 4) is 0 Å². The van der Waals surface area contributed by atoms with E-state index < -0.39 is 0 Å². The van der Waals surface area contributed by atoms with Crippen LogP contribution in [0.15, 0.2) is 24.3 Å². The molecule has 1 aliphatic rings. The molecule has 0 aromatic heterocycles. The summed E-state index contributed by atoms with van der Waals surface area (Å²) >= 11 is 5.80. The van der Waals surface area contributed by atoms with E-state index in [4.69, 9.17) is 11.6 Å². The Hall–Kier alpha value is -0.770. The maximum Gasteiger partial charge on any atom is 0.251 e. The molecule has 1 unspecified atom stereocenters. The summed E-state index contributed by atoms with van der Waals surface area (Å²) in [7, 11) is 0. The predicted octanol–water partition coefficient (Wildman–Crippen LogP) is 2.88. The van der Waals surface area contributed by atoms with Gasteiger partial charge in [0.15, 0.2) is 0 Å². The largest absolute Gasteiger partial charge is 0.351 e. The van der Waals surface area contributed by atoms with Crippen LogP contribution in [0.5, 0.6) is 0 Å². The average Bonchev–Trinajstić information content (AvgIpc) is 2.38. The zero-order chi connectivity index (χ0) is 13.0. The Morgan fingerprint density at radius 3 is 2.68 bits per heavy atom. The molecule has 1 saturated heterocycles. The fraction of sp³-hybridized carbons (Fsp3) is 0.500. The van der Waals surface area contributed by atoms with Crippen molar-refractivity contribution >= 4 is 29.9 Å². The highest BCUT2D eigenvalue weighted by atomic mass is 35.5. The van der Waals surface area contributed by atoms with Crippen LogP contribution in [-0.2, 0) is 0 Å². The maximum absolute atomic E-state index is 12.0. The van der Waals surface area contributed by atoms with Crippen LogP contribution >= 0.6 is 24.0 Å². The van der Waals surface area contributed by atoms with Crippen molar-refractivity contribution in [2.45, 2.75) is 19.8 Å². The molecule has 1 aliphatic heterocycles. The van der Waals surface area contributed by atoms with E-state index in [1.807, 2.05) is 0 Å². The standard InChI is InChI=1S/C14H19ClN2O.ClH/c1-14(7-2-8-16-9-14)10-17-13(18)11-3-5-12(15)6-4-11;/h3-6,16H,2,7-10H2,1H3,(H,17,18);1H. The van der Waals surface area contributed by atoms with Gasteiger partial charge in [0.1, 0.15) is 0 Å². The van der Waals surface area contributed by atoms with E-state index in [2.05, 4.69) is 17.6 Å². The summed E-state index contributed by atoms with van der Waals surface area (Å²) < 4.78 is 0. The molecule has 0 spiro atoms. The molecule has 5 heteroatoms. The lowest BCUT2D eigenvalue weighted by atomic mass is 9.83. The number of nitrogens with one attached hydrogen (secondary N) is 2. The first-order chi connectivity index (χ1) is 8.59. The Morgan fingerprint density at radius 1 is 1.42 bits per heavy atom. The third kappa shape index (κ3) is 4.68. The summed E-state index contributed by atoms with van der Waals surface area (Å²) in [4.78, 5) is 12.0. The fourth-order valence-electron chi connectivity index (χ4n) is 2.27. The van der Waals surface area contributed by atoms with E-state index >= 15 is 0 Å². The van der Waals surface area contributed by atoms with Crippen LogP contribution in [0.1, 0.15) is 30.1 Å². The van der Waals surface area contributed by atoms with Gasteiger partial charge < -0.3 is 10.6 Å². The Kier molecular flexibility index (Phi) is 6.11. The second-order valence-corrected chi connectivity index (χ2v) is 5.72. The molecule has 1 aromatic carbocycles. The van der Waals surface area contributed by atoms with Crippen LogP contribution in [-0.4, -0.2) is 25.5 Å². The second-order valence-electron chi connectivity index (χ2n) is 5.28. The molecule has 2 rings (SSSR count). The van der Waals surface area contributed by atoms with Crippen LogP contribution in [0, 0.1) is 5.41 Å². The number of carbonyl (C=O) groups is 1. The minimum Gasteiger partial charge on any atom is -0.351 e. The third-order valence-electron chi connectivity index (χ3n) is 3.47. The highest BCUT2D eigenvalue weighted by Gasteiger charge is 2.27. The summed E-state index contributed by atoms with van der Waals surface area (Å²) in [6, 6.07) is 6.97. The van der Waals surface area contributed by atoms with E-state index in [9.17, 15) is 4.79 Å². The van der Waals surface area contributed by atoms with Crippen molar-refractivity contribution < 1.29 is 4.79 Å². The van der Waals surface area contributed by atoms with Gasteiger partial charge in [-0.3, -0.25) is 4.79 Å². The highest BCUT2D eigenvalue weighted by molar-refractivity contribution is 6.30. The van der Waals surface area contributed by atoms with Crippen LogP contribution in [0.2, 0.25) is 5.02 Å². The van der Waals surface area contributed by atoms with Gasteiger partial charge in [-0.25, -0.2) is 0 Å². The first-order valence-electron chi connectivity index (χ1n) is 6.34. The van der Waals surface area contributed by atoms with Gasteiger partial charge in [-0.1, -0.05) is 18.5 Å². The Morgan fingerprint density at radius 2 is 2.11 bits per heavy atom. The quantitative estimate of drug-likeness (QED) is 0.901. The van der Waals surface area contributed by atoms with Gasteiger partial charge in [-0.2, -0.15) is 0 Å². The fourth-order valence-corrected chi connectivity index (χ4v) is 2.39. The molecule has 1 amide bonds. The summed E-state index contributed by atoms with van der Waals surface area (Å²) in [5.74, 6) is -0.0292. The summed E-state index contributed by atoms with van der Waals surface area (Å²) in [6.45, 7) is 4.97. The van der Waals surface area contributed by atoms with E-state index in [0.717, 1.165) is 19.5 Å². The lowest BCUT2D eigenvalue weighted by molar-refractivity contribution is 0.0924. The van der Waals surface area contributed by atoms with Gasteiger partial charge in [-0.05, 0) is 49.1 Å². The molecule has 1 fully saturated rings. The van der Waals surface area contributed by atoms with E-state index in [-0.39, 0.29) is 23.7 Å². The van der Waals surface area contributed by atoms with E-state index in [1.54, 1.807) is 24.3 Å². The number of piperidine rings is 1. The first-order valence-corrected chi connectivity index (χ1v) is 6.71. The molecule has 19 heavy (non-hydrogen) atoms. The molecule has 3 nitrogen and oxygen atoms in total. The normalized spacial score (nSPS) is 22.4. The number of benzene rings is 1. The van der Waals surface area contributed by atoms with Crippen molar-refractivity contribution in [1.29, 1.82) is 0 Å². The summed E-state index contributed by atoms with van der Waals surface area (Å²) in [5.41, 5.74) is 0.826. The van der Waals surface area contributed by atoms with Crippen LogP contribution in [0.3, 0.4) is 0 Å². The van der Waals surface area contributed by atoms with Crippen molar-refractivity contribution in [3.63, 3.8) is 0 Å². The second kappa shape index (κ2) is 7.13. The molecular weight excluding hydrogens is 283 g/mol. The Labute approximate surface area is 125 Å². The maximum atomic E-state index is 12.0. The number of halogens is 2. The molecule has 2 N–H and O–H groups in total. The lowest BCUT2D eigenvalue weighted by Gasteiger charge is -2.34. The first kappa shape index (κ1) is 16.3. The SMILES string of the molecule is CC1(CNC(=O)c2ccc(Cl)cc2)CCCNC1.Cl. The molecule has 0 radical (unpaired) electrons. The zero-order valence-electron chi connectivity index (χ0n) is 11.0. The van der Waals surface area contributed by atoms with E-state index in [0.29, 0.717) is 17.1 Å². The minimum absolute atomic E-state index is 0. The zero-order valence-corrected chi connectivity index (χ0v) is 12.6. The average molecular weight is 303 g/mol. The molecule has 0 saturated carbocycles. The number of rotatable bonds is 3. The lowest BCUT2D eigenvalue weighted by Crippen LogP contribution is -2.45. The molecule has 0 bridgehead atoms. The smallest absolute Gasteiger partial charge is 0.251 e.